The molecule has 20 heavy (non-hydrogen) atoms. The van der Waals surface area contributed by atoms with E-state index in [1.54, 1.807) is 6.92 Å². The SMILES string of the molecule is Cc1cc(Br)c(F)cc1NS(=O)(=O)c1c(C)noc1C. The maximum Gasteiger partial charge on any atom is 0.267 e. The summed E-state index contributed by atoms with van der Waals surface area (Å²) in [6.45, 7) is 4.71. The van der Waals surface area contributed by atoms with Crippen LogP contribution in [0.3, 0.4) is 0 Å². The molecule has 0 fully saturated rings. The van der Waals surface area contributed by atoms with Crippen LogP contribution in [0.4, 0.5) is 10.1 Å². The number of nitrogens with zero attached hydrogens (tertiary/aromatic N) is 1. The molecular formula is C12H12BrFN2O3S. The molecule has 1 aromatic carbocycles. The van der Waals surface area contributed by atoms with Gasteiger partial charge in [-0.25, -0.2) is 12.8 Å². The molecule has 1 aromatic heterocycles. The van der Waals surface area contributed by atoms with Crippen LogP contribution in [0.25, 0.3) is 0 Å². The Balaban J connectivity index is 2.47. The molecule has 1 N–H and O–H groups in total. The standard InChI is InChI=1S/C12H12BrFN2O3S/c1-6-4-9(13)10(14)5-11(6)16-20(17,18)12-7(2)15-19-8(12)3/h4-5,16H,1-3H3. The molecule has 0 atom stereocenters. The quantitative estimate of drug-likeness (QED) is 0.908. The summed E-state index contributed by atoms with van der Waals surface area (Å²) in [5.41, 5.74) is 1.02. The van der Waals surface area contributed by atoms with E-state index in [1.165, 1.54) is 19.9 Å². The van der Waals surface area contributed by atoms with E-state index in [4.69, 9.17) is 4.52 Å². The number of hydrogen-bond acceptors (Lipinski definition) is 4. The summed E-state index contributed by atoms with van der Waals surface area (Å²) < 4.78 is 45.6. The van der Waals surface area contributed by atoms with Gasteiger partial charge in [0.2, 0.25) is 0 Å². The van der Waals surface area contributed by atoms with Crippen molar-refractivity contribution in [3.63, 3.8) is 0 Å². The summed E-state index contributed by atoms with van der Waals surface area (Å²) in [5.74, 6) is -0.364. The van der Waals surface area contributed by atoms with Crippen LogP contribution in [0.2, 0.25) is 0 Å². The van der Waals surface area contributed by atoms with Crippen LogP contribution in [0.15, 0.2) is 26.0 Å². The topological polar surface area (TPSA) is 72.2 Å². The van der Waals surface area contributed by atoms with Gasteiger partial charge in [-0.15, -0.1) is 0 Å². The molecule has 0 saturated heterocycles. The third-order valence-electron chi connectivity index (χ3n) is 2.75. The first-order valence-corrected chi connectivity index (χ1v) is 7.91. The van der Waals surface area contributed by atoms with E-state index >= 15 is 0 Å². The van der Waals surface area contributed by atoms with E-state index in [0.29, 0.717) is 5.56 Å². The van der Waals surface area contributed by atoms with Crippen molar-refractivity contribution in [3.8, 4) is 0 Å². The maximum absolute atomic E-state index is 13.5. The fraction of sp³-hybridized carbons (Fsp3) is 0.250. The van der Waals surface area contributed by atoms with Crippen molar-refractivity contribution in [3.05, 3.63) is 39.4 Å². The normalized spacial score (nSPS) is 11.7. The minimum absolute atomic E-state index is 0.0276. The van der Waals surface area contributed by atoms with Gasteiger partial charge in [0.25, 0.3) is 10.0 Å². The Kier molecular flexibility index (Phi) is 3.88. The van der Waals surface area contributed by atoms with Gasteiger partial charge >= 0.3 is 0 Å². The van der Waals surface area contributed by atoms with Gasteiger partial charge in [0.05, 0.1) is 10.2 Å². The Bertz CT molecular complexity index is 752. The molecule has 8 heteroatoms. The molecule has 0 radical (unpaired) electrons. The molecular weight excluding hydrogens is 351 g/mol. The molecule has 0 bridgehead atoms. The second kappa shape index (κ2) is 5.17. The van der Waals surface area contributed by atoms with E-state index < -0.39 is 15.8 Å². The van der Waals surface area contributed by atoms with Gasteiger partial charge in [-0.1, -0.05) is 5.16 Å². The van der Waals surface area contributed by atoms with Crippen molar-refractivity contribution in [2.24, 2.45) is 0 Å². The van der Waals surface area contributed by atoms with Crippen LogP contribution in [0, 0.1) is 26.6 Å². The Morgan fingerprint density at radius 2 is 1.95 bits per heavy atom. The lowest BCUT2D eigenvalue weighted by molar-refractivity contribution is 0.390. The summed E-state index contributed by atoms with van der Waals surface area (Å²) in [5, 5.41) is 3.60. The van der Waals surface area contributed by atoms with Gasteiger partial charge in [-0.05, 0) is 54.4 Å². The van der Waals surface area contributed by atoms with E-state index in [0.717, 1.165) is 6.07 Å². The molecule has 0 saturated carbocycles. The van der Waals surface area contributed by atoms with Crippen LogP contribution < -0.4 is 4.72 Å². The van der Waals surface area contributed by atoms with Crippen molar-refractivity contribution in [1.82, 2.24) is 5.16 Å². The van der Waals surface area contributed by atoms with Crippen molar-refractivity contribution < 1.29 is 17.3 Å². The van der Waals surface area contributed by atoms with Crippen molar-refractivity contribution in [2.75, 3.05) is 4.72 Å². The average molecular weight is 363 g/mol. The van der Waals surface area contributed by atoms with Crippen LogP contribution >= 0.6 is 15.9 Å². The minimum Gasteiger partial charge on any atom is -0.360 e. The fourth-order valence-corrected chi connectivity index (χ4v) is 3.72. The molecule has 5 nitrogen and oxygen atoms in total. The number of halogens is 2. The summed E-state index contributed by atoms with van der Waals surface area (Å²) >= 11 is 3.04. The zero-order valence-electron chi connectivity index (χ0n) is 11.0. The monoisotopic (exact) mass is 362 g/mol. The molecule has 2 aromatic rings. The summed E-state index contributed by atoms with van der Waals surface area (Å²) in [6, 6.07) is 2.62. The number of hydrogen-bond donors (Lipinski definition) is 1. The molecule has 0 aliphatic heterocycles. The first kappa shape index (κ1) is 15.0. The average Bonchev–Trinajstić information content (AvgIpc) is 2.66. The number of sulfonamides is 1. The molecule has 1 heterocycles. The van der Waals surface area contributed by atoms with Crippen LogP contribution in [-0.4, -0.2) is 13.6 Å². The van der Waals surface area contributed by atoms with Gasteiger partial charge in [-0.2, -0.15) is 0 Å². The number of aryl methyl sites for hydroxylation is 3. The highest BCUT2D eigenvalue weighted by molar-refractivity contribution is 9.10. The number of nitrogens with one attached hydrogen (secondary N) is 1. The smallest absolute Gasteiger partial charge is 0.267 e. The summed E-state index contributed by atoms with van der Waals surface area (Å²) in [7, 11) is -3.87. The predicted octanol–water partition coefficient (Wildman–Crippen LogP) is 3.30. The third-order valence-corrected chi connectivity index (χ3v) is 4.96. The van der Waals surface area contributed by atoms with E-state index in [1.807, 2.05) is 0 Å². The zero-order valence-corrected chi connectivity index (χ0v) is 13.4. The Morgan fingerprint density at radius 3 is 2.50 bits per heavy atom. The van der Waals surface area contributed by atoms with E-state index in [2.05, 4.69) is 25.8 Å². The van der Waals surface area contributed by atoms with Gasteiger partial charge < -0.3 is 4.52 Å². The first-order valence-electron chi connectivity index (χ1n) is 5.63. The van der Waals surface area contributed by atoms with Crippen LogP contribution in [-0.2, 0) is 10.0 Å². The lowest BCUT2D eigenvalue weighted by Gasteiger charge is -2.11. The number of rotatable bonds is 3. The summed E-state index contributed by atoms with van der Waals surface area (Å²) in [4.78, 5) is -0.0276. The maximum atomic E-state index is 13.5. The molecule has 108 valence electrons. The molecule has 0 aliphatic rings. The van der Waals surface area contributed by atoms with Crippen LogP contribution in [0.5, 0.6) is 0 Å². The van der Waals surface area contributed by atoms with Gasteiger partial charge in [0.1, 0.15) is 11.5 Å². The lowest BCUT2D eigenvalue weighted by atomic mass is 10.2. The molecule has 0 spiro atoms. The van der Waals surface area contributed by atoms with Crippen molar-refractivity contribution >= 4 is 31.6 Å². The van der Waals surface area contributed by atoms with Gasteiger partial charge in [0, 0.05) is 0 Å². The largest absolute Gasteiger partial charge is 0.360 e. The van der Waals surface area contributed by atoms with E-state index in [-0.39, 0.29) is 26.5 Å². The van der Waals surface area contributed by atoms with Crippen molar-refractivity contribution in [2.45, 2.75) is 25.7 Å². The Morgan fingerprint density at radius 1 is 1.30 bits per heavy atom. The second-order valence-corrected chi connectivity index (χ2v) is 6.81. The van der Waals surface area contributed by atoms with Crippen molar-refractivity contribution in [1.29, 1.82) is 0 Å². The van der Waals surface area contributed by atoms with E-state index in [9.17, 15) is 12.8 Å². The molecule has 0 unspecified atom stereocenters. The second-order valence-electron chi connectivity index (χ2n) is 4.34. The Hall–Kier alpha value is -1.41. The third kappa shape index (κ3) is 2.71. The van der Waals surface area contributed by atoms with Gasteiger partial charge in [0.15, 0.2) is 10.7 Å². The highest BCUT2D eigenvalue weighted by atomic mass is 79.9. The molecule has 0 aliphatic carbocycles. The zero-order chi connectivity index (χ0) is 15.1. The number of aromatic nitrogens is 1. The van der Waals surface area contributed by atoms with Crippen LogP contribution in [0.1, 0.15) is 17.0 Å². The summed E-state index contributed by atoms with van der Waals surface area (Å²) in [6.07, 6.45) is 0. The predicted molar refractivity (Wildman–Crippen MR) is 75.6 cm³/mol. The minimum atomic E-state index is -3.87. The number of anilines is 1. The lowest BCUT2D eigenvalue weighted by Crippen LogP contribution is -2.15. The highest BCUT2D eigenvalue weighted by Gasteiger charge is 2.25. The van der Waals surface area contributed by atoms with Gasteiger partial charge in [-0.3, -0.25) is 4.72 Å². The molecule has 2 rings (SSSR count). The Labute approximate surface area is 124 Å². The first-order chi connectivity index (χ1) is 9.22. The molecule has 0 amide bonds. The highest BCUT2D eigenvalue weighted by Crippen LogP contribution is 2.27. The fourth-order valence-electron chi connectivity index (χ4n) is 1.81. The number of benzene rings is 1.